The molecule has 4 rings (SSSR count). The van der Waals surface area contributed by atoms with Gasteiger partial charge < -0.3 is 20.4 Å². The van der Waals surface area contributed by atoms with Crippen LogP contribution in [-0.2, 0) is 14.4 Å². The second kappa shape index (κ2) is 6.45. The van der Waals surface area contributed by atoms with E-state index in [0.717, 1.165) is 45.3 Å². The minimum absolute atomic E-state index is 0. The molecule has 8 heteroatoms. The summed E-state index contributed by atoms with van der Waals surface area (Å²) in [4.78, 5) is 39.9. The summed E-state index contributed by atoms with van der Waals surface area (Å²) in [5.74, 6) is -0.433. The van der Waals surface area contributed by atoms with Gasteiger partial charge in [0.05, 0.1) is 5.70 Å². The lowest BCUT2D eigenvalue weighted by molar-refractivity contribution is -0.117. The first kappa shape index (κ1) is 17.1. The first-order valence-corrected chi connectivity index (χ1v) is 7.24. The molecule has 0 spiro atoms. The van der Waals surface area contributed by atoms with Crippen molar-refractivity contribution in [1.82, 2.24) is 14.7 Å². The number of amides is 1. The summed E-state index contributed by atoms with van der Waals surface area (Å²) in [6.07, 6.45) is 2.58. The summed E-state index contributed by atoms with van der Waals surface area (Å²) in [5.41, 5.74) is 6.42. The van der Waals surface area contributed by atoms with Crippen molar-refractivity contribution in [3.05, 3.63) is 35.8 Å². The standard InChI is InChI=1S/C12H13N3O2.C3H5NO.ClH/c16-9-7-8(13-1-2-13)12(17)11(15-5-6-15)10(9)14-3-4-14;1-2-3(4)5;/h7H,1-6H2;2H,1H2,(H2,4,5);1H. The Balaban J connectivity index is 0.000000284. The zero-order chi connectivity index (χ0) is 15.9. The lowest BCUT2D eigenvalue weighted by atomic mass is 10.0. The smallest absolute Gasteiger partial charge is 0.240 e. The average molecular weight is 339 g/mol. The molecule has 0 unspecified atom stereocenters. The van der Waals surface area contributed by atoms with E-state index in [1.165, 1.54) is 6.08 Å². The number of rotatable bonds is 4. The molecule has 124 valence electrons. The van der Waals surface area contributed by atoms with Crippen molar-refractivity contribution >= 4 is 29.9 Å². The minimum Gasteiger partial charge on any atom is -0.366 e. The quantitative estimate of drug-likeness (QED) is 0.413. The predicted molar refractivity (Wildman–Crippen MR) is 86.5 cm³/mol. The number of hydrogen-bond acceptors (Lipinski definition) is 6. The Morgan fingerprint density at radius 2 is 1.43 bits per heavy atom. The molecule has 4 aliphatic rings. The van der Waals surface area contributed by atoms with Gasteiger partial charge >= 0.3 is 0 Å². The highest BCUT2D eigenvalue weighted by atomic mass is 35.5. The van der Waals surface area contributed by atoms with Gasteiger partial charge in [-0.25, -0.2) is 0 Å². The van der Waals surface area contributed by atoms with E-state index in [0.29, 0.717) is 17.1 Å². The highest BCUT2D eigenvalue weighted by Crippen LogP contribution is 2.33. The van der Waals surface area contributed by atoms with E-state index in [1.807, 2.05) is 14.7 Å². The van der Waals surface area contributed by atoms with Gasteiger partial charge in [0.15, 0.2) is 0 Å². The van der Waals surface area contributed by atoms with Gasteiger partial charge in [-0.15, -0.1) is 12.4 Å². The average Bonchev–Trinajstić information content (AvgIpc) is 3.34. The molecule has 1 amide bonds. The van der Waals surface area contributed by atoms with E-state index in [2.05, 4.69) is 12.3 Å². The summed E-state index contributed by atoms with van der Waals surface area (Å²) in [6, 6.07) is 0. The third kappa shape index (κ3) is 3.73. The number of Topliss-reactive ketones (excluding diaryl/α,β-unsaturated/α-hetero) is 1. The Labute approximate surface area is 140 Å². The minimum atomic E-state index is -0.481. The Kier molecular flexibility index (Phi) is 4.79. The van der Waals surface area contributed by atoms with Gasteiger partial charge in [0.25, 0.3) is 0 Å². The van der Waals surface area contributed by atoms with Gasteiger partial charge in [-0.05, 0) is 6.08 Å². The number of ketones is 2. The third-order valence-corrected chi connectivity index (χ3v) is 3.69. The normalized spacial score (nSPS) is 21.0. The fourth-order valence-electron chi connectivity index (χ4n) is 2.28. The first-order valence-electron chi connectivity index (χ1n) is 7.24. The molecule has 3 aliphatic heterocycles. The van der Waals surface area contributed by atoms with Crippen LogP contribution in [0.25, 0.3) is 0 Å². The Bertz CT molecular complexity index is 629. The van der Waals surface area contributed by atoms with Crippen LogP contribution in [0.3, 0.4) is 0 Å². The van der Waals surface area contributed by atoms with Crippen LogP contribution in [0.15, 0.2) is 35.8 Å². The maximum absolute atomic E-state index is 12.4. The molecule has 3 fully saturated rings. The second-order valence-corrected chi connectivity index (χ2v) is 5.49. The van der Waals surface area contributed by atoms with Crippen LogP contribution >= 0.6 is 12.4 Å². The molecule has 3 heterocycles. The number of nitrogens with two attached hydrogens (primary N) is 1. The van der Waals surface area contributed by atoms with Crippen molar-refractivity contribution in [2.75, 3.05) is 39.3 Å². The topological polar surface area (TPSA) is 86.3 Å². The largest absolute Gasteiger partial charge is 0.366 e. The fourth-order valence-corrected chi connectivity index (χ4v) is 2.28. The van der Waals surface area contributed by atoms with Gasteiger partial charge in [-0.2, -0.15) is 0 Å². The van der Waals surface area contributed by atoms with E-state index in [4.69, 9.17) is 0 Å². The number of primary amides is 1. The van der Waals surface area contributed by atoms with Crippen LogP contribution in [0.1, 0.15) is 0 Å². The van der Waals surface area contributed by atoms with E-state index in [1.54, 1.807) is 0 Å². The van der Waals surface area contributed by atoms with Crippen LogP contribution in [0.4, 0.5) is 0 Å². The second-order valence-electron chi connectivity index (χ2n) is 5.49. The van der Waals surface area contributed by atoms with Crippen LogP contribution in [-0.4, -0.2) is 71.4 Å². The number of hydrogen-bond donors (Lipinski definition) is 1. The monoisotopic (exact) mass is 338 g/mol. The number of allylic oxidation sites excluding steroid dienone is 1. The lowest BCUT2D eigenvalue weighted by Crippen LogP contribution is -2.29. The van der Waals surface area contributed by atoms with E-state index >= 15 is 0 Å². The summed E-state index contributed by atoms with van der Waals surface area (Å²) >= 11 is 0. The lowest BCUT2D eigenvalue weighted by Gasteiger charge is -2.21. The molecule has 0 aromatic carbocycles. The number of halogens is 1. The van der Waals surface area contributed by atoms with E-state index in [-0.39, 0.29) is 24.0 Å². The predicted octanol–water partition coefficient (Wildman–Crippen LogP) is -0.740. The number of nitrogens with zero attached hydrogens (tertiary/aromatic N) is 3. The summed E-state index contributed by atoms with van der Waals surface area (Å²) in [5, 5.41) is 0. The Hall–Kier alpha value is -2.28. The molecule has 3 saturated heterocycles. The van der Waals surface area contributed by atoms with Gasteiger partial charge in [0, 0.05) is 45.3 Å². The number of carbonyl (C=O) groups excluding carboxylic acids is 3. The van der Waals surface area contributed by atoms with Gasteiger partial charge in [-0.1, -0.05) is 6.58 Å². The maximum Gasteiger partial charge on any atom is 0.240 e. The molecule has 23 heavy (non-hydrogen) atoms. The molecular formula is C15H19ClN4O3. The SMILES string of the molecule is C=CC(N)=O.Cl.O=C1C=C(N2CC2)C(=O)C(N2CC2)=C1N1CC1. The highest BCUT2D eigenvalue weighted by Gasteiger charge is 2.43. The summed E-state index contributed by atoms with van der Waals surface area (Å²) < 4.78 is 0. The Morgan fingerprint density at radius 1 is 1.00 bits per heavy atom. The van der Waals surface area contributed by atoms with Crippen molar-refractivity contribution in [3.8, 4) is 0 Å². The Morgan fingerprint density at radius 3 is 1.83 bits per heavy atom. The number of carbonyl (C=O) groups is 3. The first-order chi connectivity index (χ1) is 10.5. The van der Waals surface area contributed by atoms with Crippen LogP contribution in [0.5, 0.6) is 0 Å². The molecule has 0 radical (unpaired) electrons. The molecule has 0 aromatic rings. The molecule has 0 aromatic heterocycles. The zero-order valence-corrected chi connectivity index (χ0v) is 13.5. The van der Waals surface area contributed by atoms with Gasteiger partial charge in [0.2, 0.25) is 17.5 Å². The third-order valence-electron chi connectivity index (χ3n) is 3.69. The molecule has 0 saturated carbocycles. The molecule has 2 N–H and O–H groups in total. The van der Waals surface area contributed by atoms with Gasteiger partial charge in [0.1, 0.15) is 11.4 Å². The molecule has 0 bridgehead atoms. The molecule has 7 nitrogen and oxygen atoms in total. The van der Waals surface area contributed by atoms with Crippen molar-refractivity contribution < 1.29 is 14.4 Å². The fraction of sp³-hybridized carbons (Fsp3) is 0.400. The van der Waals surface area contributed by atoms with E-state index < -0.39 is 5.91 Å². The van der Waals surface area contributed by atoms with E-state index in [9.17, 15) is 14.4 Å². The maximum atomic E-state index is 12.4. The van der Waals surface area contributed by atoms with Crippen molar-refractivity contribution in [2.45, 2.75) is 0 Å². The van der Waals surface area contributed by atoms with Crippen LogP contribution in [0, 0.1) is 0 Å². The van der Waals surface area contributed by atoms with Crippen LogP contribution < -0.4 is 5.73 Å². The summed E-state index contributed by atoms with van der Waals surface area (Å²) in [6.45, 7) is 8.49. The zero-order valence-electron chi connectivity index (χ0n) is 12.7. The molecule has 1 aliphatic carbocycles. The van der Waals surface area contributed by atoms with Crippen molar-refractivity contribution in [1.29, 1.82) is 0 Å². The van der Waals surface area contributed by atoms with Gasteiger partial charge in [-0.3, -0.25) is 14.4 Å². The summed E-state index contributed by atoms with van der Waals surface area (Å²) in [7, 11) is 0. The highest BCUT2D eigenvalue weighted by molar-refractivity contribution is 6.22. The van der Waals surface area contributed by atoms with Crippen LogP contribution in [0.2, 0.25) is 0 Å². The van der Waals surface area contributed by atoms with Crippen molar-refractivity contribution in [2.24, 2.45) is 5.73 Å². The van der Waals surface area contributed by atoms with Crippen molar-refractivity contribution in [3.63, 3.8) is 0 Å². The molecule has 0 atom stereocenters. The molecular weight excluding hydrogens is 320 g/mol.